The molecule has 0 aromatic carbocycles. The minimum Gasteiger partial charge on any atom is -0.381 e. The summed E-state index contributed by atoms with van der Waals surface area (Å²) in [6, 6.07) is 5.00. The second kappa shape index (κ2) is 4.48. The first-order valence-electron chi connectivity index (χ1n) is 5.90. The summed E-state index contributed by atoms with van der Waals surface area (Å²) in [6.45, 7) is 0.950. The fourth-order valence-electron chi connectivity index (χ4n) is 2.16. The number of anilines is 1. The zero-order valence-corrected chi connectivity index (χ0v) is 10.9. The molecule has 3 rings (SSSR count). The van der Waals surface area contributed by atoms with Gasteiger partial charge in [-0.1, -0.05) is 6.07 Å². The molecule has 0 amide bonds. The van der Waals surface area contributed by atoms with E-state index in [0.717, 1.165) is 0 Å². The third kappa shape index (κ3) is 2.18. The molecule has 1 atom stereocenters. The molecular weight excluding hydrogens is 268 g/mol. The van der Waals surface area contributed by atoms with Crippen molar-refractivity contribution in [3.63, 3.8) is 0 Å². The van der Waals surface area contributed by atoms with Gasteiger partial charge in [0.15, 0.2) is 10.8 Å². The minimum atomic E-state index is -3.71. The molecule has 2 aromatic rings. The molecule has 0 radical (unpaired) electrons. The predicted octanol–water partition coefficient (Wildman–Crippen LogP) is -0.0163. The number of ether oxygens (including phenoxy) is 1. The smallest absolute Gasteiger partial charge is 0.260 e. The molecule has 19 heavy (non-hydrogen) atoms. The van der Waals surface area contributed by atoms with E-state index in [2.05, 4.69) is 9.71 Å². The van der Waals surface area contributed by atoms with Crippen molar-refractivity contribution in [2.45, 2.75) is 17.5 Å². The lowest BCUT2D eigenvalue weighted by Gasteiger charge is -2.11. The first-order chi connectivity index (χ1) is 9.08. The summed E-state index contributed by atoms with van der Waals surface area (Å²) < 4.78 is 34.0. The van der Waals surface area contributed by atoms with Gasteiger partial charge < -0.3 is 10.5 Å². The number of nitrogen functional groups attached to an aromatic ring is 1. The Hall–Kier alpha value is -1.64. The fraction of sp³-hybridized carbons (Fsp3) is 0.364. The van der Waals surface area contributed by atoms with E-state index in [1.165, 1.54) is 4.40 Å². The van der Waals surface area contributed by atoms with Crippen molar-refractivity contribution in [1.29, 1.82) is 0 Å². The average Bonchev–Trinajstić information content (AvgIpc) is 2.94. The van der Waals surface area contributed by atoms with Crippen LogP contribution in [0.2, 0.25) is 0 Å². The molecule has 102 valence electrons. The van der Waals surface area contributed by atoms with Crippen LogP contribution >= 0.6 is 0 Å². The highest BCUT2D eigenvalue weighted by atomic mass is 32.2. The van der Waals surface area contributed by atoms with Crippen molar-refractivity contribution in [2.75, 3.05) is 18.9 Å². The lowest BCUT2D eigenvalue weighted by Crippen LogP contribution is -2.36. The molecule has 0 aliphatic carbocycles. The summed E-state index contributed by atoms with van der Waals surface area (Å²) in [4.78, 5) is 4.04. The first kappa shape index (κ1) is 12.4. The fourth-order valence-corrected chi connectivity index (χ4v) is 3.63. The molecule has 3 heterocycles. The number of nitrogens with two attached hydrogens (primary N) is 1. The molecular formula is C11H14N4O3S. The summed E-state index contributed by atoms with van der Waals surface area (Å²) >= 11 is 0. The van der Waals surface area contributed by atoms with Crippen molar-refractivity contribution >= 4 is 21.5 Å². The van der Waals surface area contributed by atoms with Gasteiger partial charge in [-0.2, -0.15) is 0 Å². The summed E-state index contributed by atoms with van der Waals surface area (Å²) in [6.07, 6.45) is 2.29. The van der Waals surface area contributed by atoms with Crippen LogP contribution in [-0.4, -0.2) is 37.1 Å². The van der Waals surface area contributed by atoms with Crippen LogP contribution in [-0.2, 0) is 14.8 Å². The van der Waals surface area contributed by atoms with E-state index >= 15 is 0 Å². The van der Waals surface area contributed by atoms with E-state index in [-0.39, 0.29) is 16.9 Å². The van der Waals surface area contributed by atoms with Gasteiger partial charge in [0.1, 0.15) is 5.65 Å². The molecule has 1 saturated heterocycles. The number of fused-ring (bicyclic) bond motifs is 1. The minimum absolute atomic E-state index is 0.00221. The van der Waals surface area contributed by atoms with Gasteiger partial charge in [-0.25, -0.2) is 18.1 Å². The maximum atomic E-state index is 12.4. The normalized spacial score (nSPS) is 20.1. The van der Waals surface area contributed by atoms with Crippen LogP contribution in [0.1, 0.15) is 6.42 Å². The number of nitrogens with zero attached hydrogens (tertiary/aromatic N) is 2. The number of nitrogens with one attached hydrogen (secondary N) is 1. The number of sulfonamides is 1. The summed E-state index contributed by atoms with van der Waals surface area (Å²) in [7, 11) is -3.71. The number of pyridine rings is 1. The highest BCUT2D eigenvalue weighted by molar-refractivity contribution is 7.89. The van der Waals surface area contributed by atoms with Crippen LogP contribution < -0.4 is 10.5 Å². The Bertz CT molecular complexity index is 704. The van der Waals surface area contributed by atoms with Gasteiger partial charge >= 0.3 is 0 Å². The second-order valence-electron chi connectivity index (χ2n) is 4.41. The Morgan fingerprint density at radius 3 is 3.05 bits per heavy atom. The van der Waals surface area contributed by atoms with Gasteiger partial charge in [-0.05, 0) is 18.6 Å². The Morgan fingerprint density at radius 1 is 1.47 bits per heavy atom. The molecule has 3 N–H and O–H groups in total. The molecule has 0 bridgehead atoms. The molecule has 0 saturated carbocycles. The number of imidazole rings is 1. The van der Waals surface area contributed by atoms with Gasteiger partial charge in [0.2, 0.25) is 0 Å². The Labute approximate surface area is 110 Å². The number of hydrogen-bond donors (Lipinski definition) is 2. The highest BCUT2D eigenvalue weighted by Gasteiger charge is 2.28. The number of hydrogen-bond acceptors (Lipinski definition) is 5. The first-order valence-corrected chi connectivity index (χ1v) is 7.39. The molecule has 1 aliphatic rings. The third-order valence-corrected chi connectivity index (χ3v) is 4.58. The van der Waals surface area contributed by atoms with Crippen molar-refractivity contribution < 1.29 is 13.2 Å². The third-order valence-electron chi connectivity index (χ3n) is 3.02. The van der Waals surface area contributed by atoms with Crippen LogP contribution in [0.25, 0.3) is 5.65 Å². The summed E-state index contributed by atoms with van der Waals surface area (Å²) in [5.74, 6) is -0.00221. The summed E-state index contributed by atoms with van der Waals surface area (Å²) in [5.41, 5.74) is 6.23. The van der Waals surface area contributed by atoms with Crippen molar-refractivity contribution in [3.05, 3.63) is 24.4 Å². The van der Waals surface area contributed by atoms with Crippen LogP contribution in [0.4, 0.5) is 5.82 Å². The van der Waals surface area contributed by atoms with Gasteiger partial charge in [0, 0.05) is 18.8 Å². The number of rotatable bonds is 3. The van der Waals surface area contributed by atoms with Crippen LogP contribution in [0.5, 0.6) is 0 Å². The molecule has 1 unspecified atom stereocenters. The Morgan fingerprint density at radius 2 is 2.32 bits per heavy atom. The lowest BCUT2D eigenvalue weighted by atomic mass is 10.3. The van der Waals surface area contributed by atoms with Gasteiger partial charge in [-0.15, -0.1) is 0 Å². The zero-order valence-electron chi connectivity index (χ0n) is 10.1. The monoisotopic (exact) mass is 282 g/mol. The number of aromatic nitrogens is 2. The lowest BCUT2D eigenvalue weighted by molar-refractivity contribution is 0.192. The molecule has 1 fully saturated rings. The van der Waals surface area contributed by atoms with E-state index in [4.69, 9.17) is 10.5 Å². The highest BCUT2D eigenvalue weighted by Crippen LogP contribution is 2.20. The largest absolute Gasteiger partial charge is 0.381 e. The van der Waals surface area contributed by atoms with Crippen LogP contribution in [0, 0.1) is 0 Å². The van der Waals surface area contributed by atoms with E-state index in [1.807, 2.05) is 0 Å². The molecule has 0 spiro atoms. The Kier molecular flexibility index (Phi) is 2.92. The zero-order chi connectivity index (χ0) is 13.5. The van der Waals surface area contributed by atoms with E-state index in [9.17, 15) is 8.42 Å². The van der Waals surface area contributed by atoms with Crippen LogP contribution in [0.15, 0.2) is 29.4 Å². The maximum Gasteiger partial charge on any atom is 0.260 e. The maximum absolute atomic E-state index is 12.4. The van der Waals surface area contributed by atoms with Crippen LogP contribution in [0.3, 0.4) is 0 Å². The van der Waals surface area contributed by atoms with Gasteiger partial charge in [0.05, 0.1) is 6.61 Å². The van der Waals surface area contributed by atoms with E-state index in [0.29, 0.717) is 25.3 Å². The van der Waals surface area contributed by atoms with E-state index in [1.54, 1.807) is 24.4 Å². The SMILES string of the molecule is Nc1nc2ccccn2c1S(=O)(=O)NC1CCOC1. The summed E-state index contributed by atoms with van der Waals surface area (Å²) in [5, 5.41) is -0.0185. The van der Waals surface area contributed by atoms with Crippen molar-refractivity contribution in [2.24, 2.45) is 0 Å². The standard InChI is InChI=1S/C11H14N4O3S/c12-10-11(15-5-2-1-3-9(15)13-10)19(16,17)14-8-4-6-18-7-8/h1-3,5,8,14H,4,6-7,12H2. The molecule has 2 aromatic heterocycles. The Balaban J connectivity index is 2.04. The van der Waals surface area contributed by atoms with Crippen molar-refractivity contribution in [3.8, 4) is 0 Å². The quantitative estimate of drug-likeness (QED) is 0.824. The van der Waals surface area contributed by atoms with E-state index < -0.39 is 10.0 Å². The average molecular weight is 282 g/mol. The van der Waals surface area contributed by atoms with Gasteiger partial charge in [0.25, 0.3) is 10.0 Å². The molecule has 7 nitrogen and oxygen atoms in total. The second-order valence-corrected chi connectivity index (χ2v) is 6.04. The van der Waals surface area contributed by atoms with Gasteiger partial charge in [-0.3, -0.25) is 4.40 Å². The van der Waals surface area contributed by atoms with Crippen molar-refractivity contribution in [1.82, 2.24) is 14.1 Å². The topological polar surface area (TPSA) is 98.7 Å². The molecule has 1 aliphatic heterocycles. The predicted molar refractivity (Wildman–Crippen MR) is 69.1 cm³/mol. The molecule has 8 heteroatoms.